The monoisotopic (exact) mass is 444 g/mol. The molecule has 0 saturated carbocycles. The minimum atomic E-state index is -1.45. The van der Waals surface area contributed by atoms with Gasteiger partial charge in [0.25, 0.3) is 5.91 Å². The van der Waals surface area contributed by atoms with Crippen LogP contribution in [0.5, 0.6) is 5.75 Å². The van der Waals surface area contributed by atoms with E-state index in [0.29, 0.717) is 5.39 Å². The number of carbonyl (C=O) groups is 4. The number of rotatable bonds is 8. The fourth-order valence-electron chi connectivity index (χ4n) is 3.39. The van der Waals surface area contributed by atoms with Gasteiger partial charge in [0, 0.05) is 5.39 Å². The van der Waals surface area contributed by atoms with Gasteiger partial charge in [0.05, 0.1) is 6.42 Å². The Kier molecular flexibility index (Phi) is 6.94. The van der Waals surface area contributed by atoms with E-state index in [9.17, 15) is 29.4 Å². The van der Waals surface area contributed by atoms with Crippen LogP contribution >= 0.6 is 0 Å². The van der Waals surface area contributed by atoms with Gasteiger partial charge in [0.15, 0.2) is 6.61 Å². The SMILES string of the molecule is CC(C)[C@H](NC(=O)COc1c(C(=O)O)ccc2ccccc12)C(=O)NC1CC(=O)OC1O. The molecule has 1 aliphatic rings. The summed E-state index contributed by atoms with van der Waals surface area (Å²) in [5.41, 5.74) is -0.0884. The number of hydrogen-bond donors (Lipinski definition) is 4. The predicted octanol–water partition coefficient (Wildman–Crippen LogP) is 0.808. The predicted molar refractivity (Wildman–Crippen MR) is 112 cm³/mol. The van der Waals surface area contributed by atoms with Crippen molar-refractivity contribution in [2.24, 2.45) is 5.92 Å². The number of hydrogen-bond acceptors (Lipinski definition) is 7. The fraction of sp³-hybridized carbons (Fsp3) is 0.364. The molecule has 32 heavy (non-hydrogen) atoms. The highest BCUT2D eigenvalue weighted by Gasteiger charge is 2.36. The first kappa shape index (κ1) is 23.0. The Bertz CT molecular complexity index is 1050. The van der Waals surface area contributed by atoms with Crippen molar-refractivity contribution in [1.29, 1.82) is 0 Å². The summed E-state index contributed by atoms with van der Waals surface area (Å²) < 4.78 is 10.2. The number of esters is 1. The molecule has 0 bridgehead atoms. The highest BCUT2D eigenvalue weighted by molar-refractivity contribution is 6.00. The molecule has 3 rings (SSSR count). The molecule has 3 atom stereocenters. The summed E-state index contributed by atoms with van der Waals surface area (Å²) in [6.45, 7) is 2.91. The molecule has 0 aromatic heterocycles. The number of amides is 2. The highest BCUT2D eigenvalue weighted by atomic mass is 16.6. The molecule has 10 nitrogen and oxygen atoms in total. The molecule has 1 aliphatic heterocycles. The molecule has 1 fully saturated rings. The van der Waals surface area contributed by atoms with Gasteiger partial charge in [-0.3, -0.25) is 14.4 Å². The normalized spacial score (nSPS) is 18.8. The zero-order valence-electron chi connectivity index (χ0n) is 17.5. The van der Waals surface area contributed by atoms with Crippen molar-refractivity contribution < 1.29 is 38.9 Å². The number of benzene rings is 2. The summed E-state index contributed by atoms with van der Waals surface area (Å²) in [6.07, 6.45) is -1.62. The quantitative estimate of drug-likeness (QED) is 0.437. The van der Waals surface area contributed by atoms with E-state index < -0.39 is 48.7 Å². The maximum absolute atomic E-state index is 12.6. The van der Waals surface area contributed by atoms with Crippen LogP contribution in [0.1, 0.15) is 30.6 Å². The van der Waals surface area contributed by atoms with Crippen LogP contribution in [-0.4, -0.2) is 58.9 Å². The maximum atomic E-state index is 12.6. The lowest BCUT2D eigenvalue weighted by Crippen LogP contribution is -2.54. The van der Waals surface area contributed by atoms with E-state index in [0.717, 1.165) is 5.39 Å². The molecule has 1 saturated heterocycles. The highest BCUT2D eigenvalue weighted by Crippen LogP contribution is 2.30. The Morgan fingerprint density at radius 2 is 1.91 bits per heavy atom. The summed E-state index contributed by atoms with van der Waals surface area (Å²) >= 11 is 0. The molecule has 170 valence electrons. The first-order valence-electron chi connectivity index (χ1n) is 10.0. The van der Waals surface area contributed by atoms with Gasteiger partial charge in [-0.2, -0.15) is 0 Å². The molecule has 0 aliphatic carbocycles. The van der Waals surface area contributed by atoms with Gasteiger partial charge in [0.1, 0.15) is 23.4 Å². The van der Waals surface area contributed by atoms with Crippen molar-refractivity contribution >= 4 is 34.5 Å². The Morgan fingerprint density at radius 3 is 2.53 bits per heavy atom. The average molecular weight is 444 g/mol. The molecule has 0 radical (unpaired) electrons. The first-order chi connectivity index (χ1) is 15.2. The van der Waals surface area contributed by atoms with Crippen LogP contribution in [0.2, 0.25) is 0 Å². The number of fused-ring (bicyclic) bond motifs is 1. The number of carboxylic acids is 1. The second-order valence-corrected chi connectivity index (χ2v) is 7.75. The molecule has 10 heteroatoms. The van der Waals surface area contributed by atoms with Crippen molar-refractivity contribution in [3.63, 3.8) is 0 Å². The molecular weight excluding hydrogens is 420 g/mol. The Hall–Kier alpha value is -3.66. The number of aliphatic hydroxyl groups is 1. The van der Waals surface area contributed by atoms with Crippen LogP contribution < -0.4 is 15.4 Å². The van der Waals surface area contributed by atoms with Crippen LogP contribution in [-0.2, 0) is 19.1 Å². The number of cyclic esters (lactones) is 1. The number of aromatic carboxylic acids is 1. The number of carbonyl (C=O) groups excluding carboxylic acids is 3. The van der Waals surface area contributed by atoms with Crippen LogP contribution in [0.25, 0.3) is 10.8 Å². The second-order valence-electron chi connectivity index (χ2n) is 7.75. The van der Waals surface area contributed by atoms with E-state index in [2.05, 4.69) is 15.4 Å². The van der Waals surface area contributed by atoms with E-state index >= 15 is 0 Å². The zero-order valence-corrected chi connectivity index (χ0v) is 17.5. The van der Waals surface area contributed by atoms with Gasteiger partial charge >= 0.3 is 11.9 Å². The van der Waals surface area contributed by atoms with Crippen LogP contribution in [0.3, 0.4) is 0 Å². The number of carboxylic acid groups (broad SMARTS) is 1. The lowest BCUT2D eigenvalue weighted by molar-refractivity contribution is -0.155. The van der Waals surface area contributed by atoms with E-state index in [1.165, 1.54) is 6.07 Å². The third-order valence-electron chi connectivity index (χ3n) is 5.03. The van der Waals surface area contributed by atoms with Crippen LogP contribution in [0.15, 0.2) is 36.4 Å². The number of ether oxygens (including phenoxy) is 2. The molecular formula is C22H24N2O8. The number of nitrogens with one attached hydrogen (secondary N) is 2. The molecule has 2 aromatic rings. The fourth-order valence-corrected chi connectivity index (χ4v) is 3.39. The van der Waals surface area contributed by atoms with Gasteiger partial charge in [-0.1, -0.05) is 44.2 Å². The van der Waals surface area contributed by atoms with Crippen molar-refractivity contribution in [3.05, 3.63) is 42.0 Å². The first-order valence-corrected chi connectivity index (χ1v) is 10.0. The summed E-state index contributed by atoms with van der Waals surface area (Å²) in [5, 5.41) is 25.5. The maximum Gasteiger partial charge on any atom is 0.339 e. The minimum Gasteiger partial charge on any atom is -0.482 e. The van der Waals surface area contributed by atoms with Gasteiger partial charge in [0.2, 0.25) is 12.2 Å². The van der Waals surface area contributed by atoms with Crippen molar-refractivity contribution in [1.82, 2.24) is 10.6 Å². The third-order valence-corrected chi connectivity index (χ3v) is 5.03. The van der Waals surface area contributed by atoms with E-state index in [1.807, 2.05) is 0 Å². The number of aliphatic hydroxyl groups excluding tert-OH is 1. The Morgan fingerprint density at radius 1 is 1.19 bits per heavy atom. The molecule has 2 aromatic carbocycles. The van der Waals surface area contributed by atoms with Crippen LogP contribution in [0, 0.1) is 5.92 Å². The average Bonchev–Trinajstić information content (AvgIpc) is 3.05. The van der Waals surface area contributed by atoms with Gasteiger partial charge < -0.3 is 30.3 Å². The van der Waals surface area contributed by atoms with Gasteiger partial charge in [-0.15, -0.1) is 0 Å². The van der Waals surface area contributed by atoms with E-state index in [1.54, 1.807) is 44.2 Å². The molecule has 1 heterocycles. The zero-order chi connectivity index (χ0) is 23.4. The molecule has 2 amide bonds. The summed E-state index contributed by atoms with van der Waals surface area (Å²) in [5.74, 6) is -3.32. The van der Waals surface area contributed by atoms with Gasteiger partial charge in [-0.25, -0.2) is 4.79 Å². The summed E-state index contributed by atoms with van der Waals surface area (Å²) in [7, 11) is 0. The third kappa shape index (κ3) is 5.14. The van der Waals surface area contributed by atoms with Crippen LogP contribution in [0.4, 0.5) is 0 Å². The summed E-state index contributed by atoms with van der Waals surface area (Å²) in [6, 6.07) is 8.18. The van der Waals surface area contributed by atoms with Crippen molar-refractivity contribution in [2.75, 3.05) is 6.61 Å². The molecule has 4 N–H and O–H groups in total. The second kappa shape index (κ2) is 9.65. The molecule has 0 spiro atoms. The minimum absolute atomic E-state index is 0.0565. The smallest absolute Gasteiger partial charge is 0.339 e. The Labute approximate surface area is 183 Å². The molecule has 2 unspecified atom stereocenters. The standard InChI is InChI=1S/C22H24N2O8/c1-11(2)18(20(27)23-15-9-17(26)32-22(15)30)24-16(25)10-31-19-13-6-4-3-5-12(13)7-8-14(19)21(28)29/h3-8,11,15,18,22,30H,9-10H2,1-2H3,(H,23,27)(H,24,25)(H,28,29)/t15?,18-,22?/m0/s1. The van der Waals surface area contributed by atoms with E-state index in [-0.39, 0.29) is 23.7 Å². The van der Waals surface area contributed by atoms with Crippen molar-refractivity contribution in [3.8, 4) is 5.75 Å². The summed E-state index contributed by atoms with van der Waals surface area (Å²) in [4.78, 5) is 48.0. The lowest BCUT2D eigenvalue weighted by Gasteiger charge is -2.24. The largest absolute Gasteiger partial charge is 0.482 e. The Balaban J connectivity index is 1.69. The lowest BCUT2D eigenvalue weighted by atomic mass is 10.0. The van der Waals surface area contributed by atoms with Crippen molar-refractivity contribution in [2.45, 2.75) is 38.6 Å². The topological polar surface area (TPSA) is 151 Å². The van der Waals surface area contributed by atoms with Gasteiger partial charge in [-0.05, 0) is 17.4 Å². The van der Waals surface area contributed by atoms with E-state index in [4.69, 9.17) is 4.74 Å².